The molecule has 1 aromatic carbocycles. The van der Waals surface area contributed by atoms with Crippen molar-refractivity contribution in [2.24, 2.45) is 0 Å². The van der Waals surface area contributed by atoms with Crippen molar-refractivity contribution in [2.45, 2.75) is 0 Å². The maximum absolute atomic E-state index is 5.24. The van der Waals surface area contributed by atoms with E-state index in [0.717, 1.165) is 26.9 Å². The number of furan rings is 1. The summed E-state index contributed by atoms with van der Waals surface area (Å²) in [5.74, 6) is 0.741. The van der Waals surface area contributed by atoms with Crippen molar-refractivity contribution in [1.82, 2.24) is 19.8 Å². The highest BCUT2D eigenvalue weighted by Gasteiger charge is 2.15. The molecule has 5 nitrogen and oxygen atoms in total. The average Bonchev–Trinajstić information content (AvgIpc) is 3.13. The number of benzene rings is 1. The van der Waals surface area contributed by atoms with E-state index >= 15 is 0 Å². The molecule has 3 aromatic heterocycles. The zero-order valence-corrected chi connectivity index (χ0v) is 12.4. The molecule has 0 amide bonds. The molecule has 0 aliphatic carbocycles. The van der Waals surface area contributed by atoms with Gasteiger partial charge in [0.25, 0.3) is 0 Å². The fraction of sp³-hybridized carbons (Fsp3) is 0. The molecule has 20 heavy (non-hydrogen) atoms. The summed E-state index contributed by atoms with van der Waals surface area (Å²) in [5, 5.41) is 13.8. The van der Waals surface area contributed by atoms with Gasteiger partial charge in [-0.2, -0.15) is 9.61 Å². The summed E-state index contributed by atoms with van der Waals surface area (Å²) in [6.07, 6.45) is 1.66. The smallest absolute Gasteiger partial charge is 0.235 e. The molecule has 0 saturated heterocycles. The number of rotatable bonds is 2. The predicted molar refractivity (Wildman–Crippen MR) is 79.5 cm³/mol. The Hall–Kier alpha value is -1.99. The first-order chi connectivity index (χ1) is 9.81. The summed E-state index contributed by atoms with van der Waals surface area (Å²) < 4.78 is 7.69. The Labute approximate surface area is 126 Å². The van der Waals surface area contributed by atoms with Crippen LogP contribution in [0, 0.1) is 0 Å². The van der Waals surface area contributed by atoms with Crippen molar-refractivity contribution in [1.29, 1.82) is 0 Å². The monoisotopic (exact) mass is 346 g/mol. The molecule has 4 aromatic rings. The largest absolute Gasteiger partial charge is 0.457 e. The highest BCUT2D eigenvalue weighted by Crippen LogP contribution is 2.30. The van der Waals surface area contributed by atoms with Crippen molar-refractivity contribution in [3.8, 4) is 22.0 Å². The number of hydrogen-bond acceptors (Lipinski definition) is 5. The number of hydrogen-bond donors (Lipinski definition) is 0. The second kappa shape index (κ2) is 4.53. The standard InChI is InChI=1S/C13H7BrN4OS/c14-10-6-9(7-19-10)12-17-18-11(15-16-13(18)20-12)8-4-2-1-3-5-8/h1-7H. The first-order valence-corrected chi connectivity index (χ1v) is 7.44. The summed E-state index contributed by atoms with van der Waals surface area (Å²) in [6, 6.07) is 11.8. The minimum atomic E-state index is 0.682. The van der Waals surface area contributed by atoms with Crippen LogP contribution in [-0.4, -0.2) is 19.8 Å². The topological polar surface area (TPSA) is 56.2 Å². The lowest BCUT2D eigenvalue weighted by molar-refractivity contribution is 0.542. The van der Waals surface area contributed by atoms with E-state index in [4.69, 9.17) is 4.42 Å². The van der Waals surface area contributed by atoms with Crippen molar-refractivity contribution >= 4 is 32.2 Å². The molecular weight excluding hydrogens is 340 g/mol. The quantitative estimate of drug-likeness (QED) is 0.552. The van der Waals surface area contributed by atoms with E-state index < -0.39 is 0 Å². The Morgan fingerprint density at radius 1 is 1.10 bits per heavy atom. The fourth-order valence-electron chi connectivity index (χ4n) is 1.92. The van der Waals surface area contributed by atoms with E-state index in [9.17, 15) is 0 Å². The minimum absolute atomic E-state index is 0.682. The zero-order chi connectivity index (χ0) is 13.5. The Balaban J connectivity index is 1.87. The molecule has 0 fully saturated rings. The maximum Gasteiger partial charge on any atom is 0.235 e. The van der Waals surface area contributed by atoms with Gasteiger partial charge in [-0.15, -0.1) is 10.2 Å². The Morgan fingerprint density at radius 2 is 1.95 bits per heavy atom. The molecule has 0 aliphatic rings. The van der Waals surface area contributed by atoms with Crippen molar-refractivity contribution in [3.05, 3.63) is 47.3 Å². The summed E-state index contributed by atoms with van der Waals surface area (Å²) in [6.45, 7) is 0. The molecule has 0 N–H and O–H groups in total. The van der Waals surface area contributed by atoms with Crippen LogP contribution in [0.5, 0.6) is 0 Å². The van der Waals surface area contributed by atoms with Crippen LogP contribution >= 0.6 is 27.3 Å². The molecule has 0 spiro atoms. The third kappa shape index (κ3) is 1.86. The lowest BCUT2D eigenvalue weighted by Crippen LogP contribution is -1.90. The number of aromatic nitrogens is 4. The first-order valence-electron chi connectivity index (χ1n) is 5.83. The molecule has 0 radical (unpaired) electrons. The van der Waals surface area contributed by atoms with Crippen LogP contribution in [0.3, 0.4) is 0 Å². The van der Waals surface area contributed by atoms with E-state index in [1.54, 1.807) is 10.8 Å². The van der Waals surface area contributed by atoms with E-state index in [1.165, 1.54) is 11.3 Å². The number of nitrogens with zero attached hydrogens (tertiary/aromatic N) is 4. The van der Waals surface area contributed by atoms with Crippen LogP contribution in [0.15, 0.2) is 51.7 Å². The molecule has 0 bridgehead atoms. The summed E-state index contributed by atoms with van der Waals surface area (Å²) >= 11 is 4.77. The van der Waals surface area contributed by atoms with Gasteiger partial charge in [0, 0.05) is 11.6 Å². The highest BCUT2D eigenvalue weighted by molar-refractivity contribution is 9.10. The van der Waals surface area contributed by atoms with Crippen LogP contribution in [0.2, 0.25) is 0 Å². The predicted octanol–water partition coefficient (Wildman–Crippen LogP) is 3.88. The van der Waals surface area contributed by atoms with E-state index in [2.05, 4.69) is 31.2 Å². The Morgan fingerprint density at radius 3 is 2.70 bits per heavy atom. The average molecular weight is 347 g/mol. The second-order valence-electron chi connectivity index (χ2n) is 4.13. The maximum atomic E-state index is 5.24. The minimum Gasteiger partial charge on any atom is -0.457 e. The van der Waals surface area contributed by atoms with Crippen molar-refractivity contribution in [2.75, 3.05) is 0 Å². The first kappa shape index (κ1) is 11.8. The summed E-state index contributed by atoms with van der Waals surface area (Å²) in [5.41, 5.74) is 1.91. The van der Waals surface area contributed by atoms with Gasteiger partial charge in [-0.1, -0.05) is 41.7 Å². The Kier molecular flexibility index (Phi) is 2.68. The molecule has 0 aliphatic heterocycles. The normalized spacial score (nSPS) is 11.2. The lowest BCUT2D eigenvalue weighted by Gasteiger charge is -1.94. The van der Waals surface area contributed by atoms with Gasteiger partial charge in [0.05, 0.1) is 5.56 Å². The molecule has 0 atom stereocenters. The van der Waals surface area contributed by atoms with Crippen LogP contribution in [0.4, 0.5) is 0 Å². The highest BCUT2D eigenvalue weighted by atomic mass is 79.9. The van der Waals surface area contributed by atoms with Crippen LogP contribution < -0.4 is 0 Å². The molecule has 0 saturated carbocycles. The van der Waals surface area contributed by atoms with Crippen LogP contribution in [0.1, 0.15) is 0 Å². The third-order valence-electron chi connectivity index (χ3n) is 2.84. The van der Waals surface area contributed by atoms with Gasteiger partial charge in [-0.3, -0.25) is 0 Å². The van der Waals surface area contributed by atoms with Gasteiger partial charge in [-0.25, -0.2) is 0 Å². The molecule has 3 heterocycles. The van der Waals surface area contributed by atoms with Crippen molar-refractivity contribution in [3.63, 3.8) is 0 Å². The lowest BCUT2D eigenvalue weighted by atomic mass is 10.2. The van der Waals surface area contributed by atoms with E-state index in [-0.39, 0.29) is 0 Å². The number of fused-ring (bicyclic) bond motifs is 1. The molecule has 0 unspecified atom stereocenters. The third-order valence-corrected chi connectivity index (χ3v) is 4.20. The van der Waals surface area contributed by atoms with Gasteiger partial charge in [-0.05, 0) is 15.9 Å². The van der Waals surface area contributed by atoms with Gasteiger partial charge >= 0.3 is 0 Å². The SMILES string of the molecule is Brc1cc(-c2nn3c(-c4ccccc4)nnc3s2)co1. The van der Waals surface area contributed by atoms with Crippen LogP contribution in [-0.2, 0) is 0 Å². The van der Waals surface area contributed by atoms with Gasteiger partial charge in [0.1, 0.15) is 6.26 Å². The molecule has 4 rings (SSSR count). The Bertz CT molecular complexity index is 880. The summed E-state index contributed by atoms with van der Waals surface area (Å²) in [7, 11) is 0. The fourth-order valence-corrected chi connectivity index (χ4v) is 3.08. The van der Waals surface area contributed by atoms with Gasteiger partial charge < -0.3 is 4.42 Å². The molecule has 7 heteroatoms. The molecular formula is C13H7BrN4OS. The molecule has 98 valence electrons. The van der Waals surface area contributed by atoms with Gasteiger partial charge in [0.15, 0.2) is 15.5 Å². The summed E-state index contributed by atoms with van der Waals surface area (Å²) in [4.78, 5) is 0.760. The van der Waals surface area contributed by atoms with Crippen LogP contribution in [0.25, 0.3) is 26.9 Å². The van der Waals surface area contributed by atoms with Crippen molar-refractivity contribution < 1.29 is 4.42 Å². The second-order valence-corrected chi connectivity index (χ2v) is 5.87. The number of halogens is 1. The zero-order valence-electron chi connectivity index (χ0n) is 10.0. The van der Waals surface area contributed by atoms with E-state index in [0.29, 0.717) is 4.67 Å². The van der Waals surface area contributed by atoms with E-state index in [1.807, 2.05) is 36.4 Å². The van der Waals surface area contributed by atoms with Gasteiger partial charge in [0.2, 0.25) is 4.96 Å².